The van der Waals surface area contributed by atoms with Gasteiger partial charge in [0.05, 0.1) is 5.69 Å². The average Bonchev–Trinajstić information content (AvgIpc) is 2.27. The van der Waals surface area contributed by atoms with Gasteiger partial charge in [0.25, 0.3) is 0 Å². The number of nitrogens with zero attached hydrogens (tertiary/aromatic N) is 2. The topological polar surface area (TPSA) is 17.8 Å². The number of halogens is 6. The molecule has 14 heavy (non-hydrogen) atoms. The van der Waals surface area contributed by atoms with E-state index in [0.29, 0.717) is 0 Å². The smallest absolute Gasteiger partial charge is 0.435 e. The molecule has 0 aliphatic carbocycles. The molecule has 0 fully saturated rings. The molecule has 0 aliphatic rings. The Morgan fingerprint density at radius 1 is 1.07 bits per heavy atom. The average molecular weight is 214 g/mol. The summed E-state index contributed by atoms with van der Waals surface area (Å²) in [7, 11) is 4.61. The van der Waals surface area contributed by atoms with E-state index in [1.165, 1.54) is 0 Å². The minimum atomic E-state index is -4.95. The Labute approximate surface area is 74.9 Å². The predicted octanol–water partition coefficient (Wildman–Crippen LogP) is 1.85. The number of rotatable bonds is 0. The van der Waals surface area contributed by atoms with Crippen LogP contribution in [0, 0.1) is 0 Å². The zero-order chi connectivity index (χ0) is 11.1. The van der Waals surface area contributed by atoms with E-state index in [2.05, 4.69) is 13.1 Å². The molecule has 0 aliphatic heterocycles. The molecule has 3 radical (unpaired) electrons. The summed E-state index contributed by atoms with van der Waals surface area (Å²) < 4.78 is 71.1. The Morgan fingerprint density at radius 2 is 1.57 bits per heavy atom. The van der Waals surface area contributed by atoms with Crippen molar-refractivity contribution in [1.82, 2.24) is 9.69 Å². The van der Waals surface area contributed by atoms with Crippen LogP contribution >= 0.6 is 0 Å². The van der Waals surface area contributed by atoms with Gasteiger partial charge in [-0.15, -0.1) is 0 Å². The standard InChI is InChI=1S/C5HBF6N2/c6-14-3(5(10,11)12)1-2(13-14)4(7,8)9/h1H/q-1. The number of alkyl halides is 6. The molecule has 77 valence electrons. The van der Waals surface area contributed by atoms with E-state index < -0.39 is 23.7 Å². The second kappa shape index (κ2) is 2.92. The summed E-state index contributed by atoms with van der Waals surface area (Å²) in [6.45, 7) is 0. The zero-order valence-electron chi connectivity index (χ0n) is 6.32. The van der Waals surface area contributed by atoms with Gasteiger partial charge in [0.1, 0.15) is 0 Å². The van der Waals surface area contributed by atoms with Gasteiger partial charge in [-0.2, -0.15) is 26.3 Å². The first kappa shape index (κ1) is 10.9. The van der Waals surface area contributed by atoms with Gasteiger partial charge in [-0.3, -0.25) is 0 Å². The van der Waals surface area contributed by atoms with Crippen LogP contribution in [0.5, 0.6) is 0 Å². The van der Waals surface area contributed by atoms with E-state index in [4.69, 9.17) is 0 Å². The lowest BCUT2D eigenvalue weighted by Crippen LogP contribution is -2.12. The van der Waals surface area contributed by atoms with Gasteiger partial charge >= 0.3 is 12.4 Å². The fraction of sp³-hybridized carbons (Fsp3) is 0.400. The van der Waals surface area contributed by atoms with Crippen molar-refractivity contribution >= 4 is 7.98 Å². The second-order valence-electron chi connectivity index (χ2n) is 2.35. The van der Waals surface area contributed by atoms with Crippen LogP contribution in [-0.2, 0) is 12.4 Å². The van der Waals surface area contributed by atoms with Crippen LogP contribution < -0.4 is 0 Å². The summed E-state index contributed by atoms with van der Waals surface area (Å²) in [5.74, 6) is 0. The number of aromatic nitrogens is 2. The molecule has 1 aromatic heterocycles. The van der Waals surface area contributed by atoms with Crippen molar-refractivity contribution in [3.05, 3.63) is 17.5 Å². The fourth-order valence-electron chi connectivity index (χ4n) is 0.745. The molecule has 0 amide bonds. The lowest BCUT2D eigenvalue weighted by atomic mass is 10.3. The molecule has 0 spiro atoms. The van der Waals surface area contributed by atoms with Crippen LogP contribution in [0.25, 0.3) is 0 Å². The lowest BCUT2D eigenvalue weighted by Gasteiger charge is -2.15. The zero-order valence-corrected chi connectivity index (χ0v) is 6.32. The van der Waals surface area contributed by atoms with Crippen molar-refractivity contribution in [3.8, 4) is 0 Å². The third-order valence-electron chi connectivity index (χ3n) is 1.32. The first-order chi connectivity index (χ1) is 6.12. The molecule has 1 aromatic rings. The van der Waals surface area contributed by atoms with Gasteiger partial charge in [-0.1, -0.05) is 0 Å². The molecule has 0 aromatic carbocycles. The first-order valence-corrected chi connectivity index (χ1v) is 3.12. The number of hydrogen-bond donors (Lipinski definition) is 0. The van der Waals surface area contributed by atoms with Crippen LogP contribution in [0.3, 0.4) is 0 Å². The van der Waals surface area contributed by atoms with Crippen LogP contribution in [0.15, 0.2) is 6.07 Å². The molecule has 1 heterocycles. The normalized spacial score (nSPS) is 13.4. The Morgan fingerprint density at radius 3 is 1.79 bits per heavy atom. The minimum Gasteiger partial charge on any atom is -0.544 e. The van der Waals surface area contributed by atoms with E-state index in [1.807, 2.05) is 0 Å². The third kappa shape index (κ3) is 2.02. The number of hydrogen-bond acceptors (Lipinski definition) is 1. The summed E-state index contributed by atoms with van der Waals surface area (Å²) >= 11 is 0. The molecule has 9 heteroatoms. The van der Waals surface area contributed by atoms with Gasteiger partial charge in [-0.25, -0.2) is 5.10 Å². The molecular weight excluding hydrogens is 213 g/mol. The van der Waals surface area contributed by atoms with Crippen molar-refractivity contribution in [3.63, 3.8) is 0 Å². The van der Waals surface area contributed by atoms with Gasteiger partial charge in [0.2, 0.25) is 0 Å². The Hall–Kier alpha value is -1.15. The molecule has 0 atom stereocenters. The molecule has 0 saturated heterocycles. The molecule has 0 bridgehead atoms. The van der Waals surface area contributed by atoms with Crippen molar-refractivity contribution in [2.45, 2.75) is 12.4 Å². The van der Waals surface area contributed by atoms with Crippen LogP contribution in [0.1, 0.15) is 11.4 Å². The van der Waals surface area contributed by atoms with Crippen molar-refractivity contribution < 1.29 is 26.3 Å². The summed E-state index contributed by atoms with van der Waals surface area (Å²) in [6.07, 6.45) is -9.89. The fourth-order valence-corrected chi connectivity index (χ4v) is 0.745. The highest BCUT2D eigenvalue weighted by Crippen LogP contribution is 2.34. The van der Waals surface area contributed by atoms with E-state index in [9.17, 15) is 26.3 Å². The maximum atomic E-state index is 11.9. The van der Waals surface area contributed by atoms with Crippen LogP contribution in [0.4, 0.5) is 26.3 Å². The van der Waals surface area contributed by atoms with Crippen molar-refractivity contribution in [2.75, 3.05) is 0 Å². The maximum absolute atomic E-state index is 11.9. The molecule has 0 saturated carbocycles. The van der Waals surface area contributed by atoms with E-state index in [1.54, 1.807) is 0 Å². The Balaban J connectivity index is 3.19. The molecule has 1 rings (SSSR count). The highest BCUT2D eigenvalue weighted by atomic mass is 19.4. The summed E-state index contributed by atoms with van der Waals surface area (Å²) in [4.78, 5) is 0. The van der Waals surface area contributed by atoms with E-state index in [0.717, 1.165) is 0 Å². The quantitative estimate of drug-likeness (QED) is 0.475. The summed E-state index contributed by atoms with van der Waals surface area (Å²) in [6, 6.07) is -0.153. The predicted molar refractivity (Wildman–Crippen MR) is 33.4 cm³/mol. The molecular formula is C5HBF6N2-. The SMILES string of the molecule is [B-]n1nc(C(F)(F)F)cc1C(F)(F)F. The molecule has 0 unspecified atom stereocenters. The third-order valence-corrected chi connectivity index (χ3v) is 1.32. The van der Waals surface area contributed by atoms with Gasteiger partial charge in [0, 0.05) is 0 Å². The minimum absolute atomic E-state index is 0.153. The monoisotopic (exact) mass is 214 g/mol. The molecule has 2 nitrogen and oxygen atoms in total. The van der Waals surface area contributed by atoms with Gasteiger partial charge < -0.3 is 12.6 Å². The second-order valence-corrected chi connectivity index (χ2v) is 2.35. The Kier molecular flexibility index (Phi) is 2.28. The summed E-state index contributed by atoms with van der Waals surface area (Å²) in [5.41, 5.74) is -3.32. The highest BCUT2D eigenvalue weighted by molar-refractivity contribution is 6.06. The lowest BCUT2D eigenvalue weighted by molar-refractivity contribution is -0.143. The van der Waals surface area contributed by atoms with Crippen molar-refractivity contribution in [2.24, 2.45) is 0 Å². The van der Waals surface area contributed by atoms with Crippen LogP contribution in [0.2, 0.25) is 0 Å². The molecule has 0 N–H and O–H groups in total. The Bertz CT molecular complexity index is 337. The van der Waals surface area contributed by atoms with E-state index >= 15 is 0 Å². The maximum Gasteiger partial charge on any atom is 0.435 e. The van der Waals surface area contributed by atoms with Gasteiger partial charge in [-0.05, 0) is 6.07 Å². The van der Waals surface area contributed by atoms with Crippen LogP contribution in [-0.4, -0.2) is 17.7 Å². The van der Waals surface area contributed by atoms with E-state index in [-0.39, 0.29) is 10.7 Å². The van der Waals surface area contributed by atoms with Gasteiger partial charge in [0.15, 0.2) is 5.69 Å². The largest absolute Gasteiger partial charge is 0.544 e. The first-order valence-electron chi connectivity index (χ1n) is 3.12. The summed E-state index contributed by atoms with van der Waals surface area (Å²) in [5, 5.41) is 2.50. The highest BCUT2D eigenvalue weighted by Gasteiger charge is 2.38. The van der Waals surface area contributed by atoms with Crippen molar-refractivity contribution in [1.29, 1.82) is 0 Å².